The zero-order valence-electron chi connectivity index (χ0n) is 10.2. The van der Waals surface area contributed by atoms with Crippen molar-refractivity contribution in [1.82, 2.24) is 20.5 Å². The van der Waals surface area contributed by atoms with E-state index in [4.69, 9.17) is 0 Å². The monoisotopic (exact) mass is 281 g/mol. The minimum atomic E-state index is -3.55. The number of rotatable bonds is 6. The molecule has 0 spiro atoms. The van der Waals surface area contributed by atoms with Crippen LogP contribution in [0.25, 0.3) is 0 Å². The molecule has 102 valence electrons. The van der Waals surface area contributed by atoms with Crippen molar-refractivity contribution in [2.45, 2.75) is 30.3 Å². The predicted octanol–water partition coefficient (Wildman–Crippen LogP) is 0.791. The molecule has 0 bridgehead atoms. The summed E-state index contributed by atoms with van der Waals surface area (Å²) in [5.74, 6) is 0. The molecule has 1 fully saturated rings. The highest BCUT2D eigenvalue weighted by Crippen LogP contribution is 2.20. The van der Waals surface area contributed by atoms with Crippen molar-refractivity contribution in [2.24, 2.45) is 0 Å². The van der Waals surface area contributed by atoms with E-state index in [-0.39, 0.29) is 4.90 Å². The first kappa shape index (κ1) is 12.2. The summed E-state index contributed by atoms with van der Waals surface area (Å²) in [7, 11) is -3.55. The SMILES string of the molecule is O=S(=O)(Nc1cn[nH]c1)c1c[nH]c(CNC2CC2)c1. The van der Waals surface area contributed by atoms with Crippen LogP contribution in [0.1, 0.15) is 18.5 Å². The molecule has 0 aromatic carbocycles. The largest absolute Gasteiger partial charge is 0.363 e. The predicted molar refractivity (Wildman–Crippen MR) is 70.1 cm³/mol. The third kappa shape index (κ3) is 2.96. The van der Waals surface area contributed by atoms with Crippen molar-refractivity contribution < 1.29 is 8.42 Å². The van der Waals surface area contributed by atoms with Gasteiger partial charge >= 0.3 is 0 Å². The Morgan fingerprint density at radius 2 is 2.21 bits per heavy atom. The fourth-order valence-corrected chi connectivity index (χ4v) is 2.79. The molecular weight excluding hydrogens is 266 g/mol. The molecule has 2 aromatic rings. The second kappa shape index (κ2) is 4.71. The number of H-pyrrole nitrogens is 2. The average molecular weight is 281 g/mol. The van der Waals surface area contributed by atoms with Crippen molar-refractivity contribution >= 4 is 15.7 Å². The third-order valence-corrected chi connectivity index (χ3v) is 4.30. The Kier molecular flexibility index (Phi) is 3.03. The Hall–Kier alpha value is -1.80. The number of sulfonamides is 1. The second-order valence-electron chi connectivity index (χ2n) is 4.61. The standard InChI is InChI=1S/C11H15N5O2S/c17-19(18,16-10-5-14-15-6-10)11-3-9(13-7-11)4-12-8-1-2-8/h3,5-8,12-13,16H,1-2,4H2,(H,14,15). The van der Waals surface area contributed by atoms with Gasteiger partial charge in [-0.05, 0) is 18.9 Å². The van der Waals surface area contributed by atoms with E-state index in [1.165, 1.54) is 31.4 Å². The molecule has 3 rings (SSSR count). The lowest BCUT2D eigenvalue weighted by molar-refractivity contribution is 0.601. The van der Waals surface area contributed by atoms with E-state index in [1.807, 2.05) is 0 Å². The molecule has 7 nitrogen and oxygen atoms in total. The van der Waals surface area contributed by atoms with E-state index in [2.05, 4.69) is 25.2 Å². The molecule has 2 heterocycles. The van der Waals surface area contributed by atoms with Crippen molar-refractivity contribution in [1.29, 1.82) is 0 Å². The molecule has 0 aliphatic heterocycles. The summed E-state index contributed by atoms with van der Waals surface area (Å²) in [4.78, 5) is 3.19. The third-order valence-electron chi connectivity index (χ3n) is 2.94. The molecule has 1 saturated carbocycles. The van der Waals surface area contributed by atoms with E-state index in [0.717, 1.165) is 5.69 Å². The lowest BCUT2D eigenvalue weighted by atomic mass is 10.4. The van der Waals surface area contributed by atoms with Gasteiger partial charge in [0.25, 0.3) is 10.0 Å². The van der Waals surface area contributed by atoms with Crippen LogP contribution in [0, 0.1) is 0 Å². The second-order valence-corrected chi connectivity index (χ2v) is 6.29. The molecule has 0 amide bonds. The molecule has 1 aliphatic carbocycles. The van der Waals surface area contributed by atoms with Crippen molar-refractivity contribution in [3.8, 4) is 0 Å². The van der Waals surface area contributed by atoms with Gasteiger partial charge in [0, 0.05) is 30.7 Å². The Bertz CT molecular complexity index is 642. The number of anilines is 1. The van der Waals surface area contributed by atoms with Gasteiger partial charge in [0.2, 0.25) is 0 Å². The molecule has 0 unspecified atom stereocenters. The summed E-state index contributed by atoms with van der Waals surface area (Å²) in [6.45, 7) is 0.659. The first-order valence-corrected chi connectivity index (χ1v) is 7.54. The van der Waals surface area contributed by atoms with Crippen molar-refractivity contribution in [3.05, 3.63) is 30.4 Å². The summed E-state index contributed by atoms with van der Waals surface area (Å²) in [5.41, 5.74) is 1.28. The highest BCUT2D eigenvalue weighted by Gasteiger charge is 2.21. The van der Waals surface area contributed by atoms with E-state index >= 15 is 0 Å². The summed E-state index contributed by atoms with van der Waals surface area (Å²) in [6.07, 6.45) is 6.80. The maximum Gasteiger partial charge on any atom is 0.263 e. The van der Waals surface area contributed by atoms with Gasteiger partial charge in [0.05, 0.1) is 11.9 Å². The first-order chi connectivity index (χ1) is 9.13. The maximum atomic E-state index is 12.1. The normalized spacial score (nSPS) is 15.6. The Labute approximate surface area is 110 Å². The molecule has 1 aliphatic rings. The van der Waals surface area contributed by atoms with Gasteiger partial charge in [-0.15, -0.1) is 0 Å². The average Bonchev–Trinajstić information content (AvgIpc) is 2.87. The van der Waals surface area contributed by atoms with Crippen LogP contribution in [0.5, 0.6) is 0 Å². The Morgan fingerprint density at radius 1 is 1.37 bits per heavy atom. The fourth-order valence-electron chi connectivity index (χ4n) is 1.74. The van der Waals surface area contributed by atoms with Crippen LogP contribution in [0.4, 0.5) is 5.69 Å². The van der Waals surface area contributed by atoms with Crippen molar-refractivity contribution in [2.75, 3.05) is 4.72 Å². The molecule has 0 saturated heterocycles. The number of nitrogens with zero attached hydrogens (tertiary/aromatic N) is 1. The Morgan fingerprint density at radius 3 is 2.89 bits per heavy atom. The van der Waals surface area contributed by atoms with Crippen LogP contribution in [0.2, 0.25) is 0 Å². The summed E-state index contributed by atoms with van der Waals surface area (Å²) in [5, 5.41) is 9.57. The number of hydrogen-bond donors (Lipinski definition) is 4. The van der Waals surface area contributed by atoms with Gasteiger partial charge in [-0.2, -0.15) is 5.10 Å². The van der Waals surface area contributed by atoms with Gasteiger partial charge in [0.1, 0.15) is 4.90 Å². The van der Waals surface area contributed by atoms with Crippen molar-refractivity contribution in [3.63, 3.8) is 0 Å². The van der Waals surface area contributed by atoms with Gasteiger partial charge in [-0.3, -0.25) is 9.82 Å². The lowest BCUT2D eigenvalue weighted by Crippen LogP contribution is -2.15. The smallest absolute Gasteiger partial charge is 0.263 e. The minimum Gasteiger partial charge on any atom is -0.363 e. The first-order valence-electron chi connectivity index (χ1n) is 6.06. The number of aromatic nitrogens is 3. The van der Waals surface area contributed by atoms with Gasteiger partial charge in [0.15, 0.2) is 0 Å². The summed E-state index contributed by atoms with van der Waals surface area (Å²) < 4.78 is 26.6. The highest BCUT2D eigenvalue weighted by molar-refractivity contribution is 7.92. The van der Waals surface area contributed by atoms with Crippen LogP contribution in [0.15, 0.2) is 29.6 Å². The minimum absolute atomic E-state index is 0.223. The fraction of sp³-hybridized carbons (Fsp3) is 0.364. The molecule has 0 atom stereocenters. The lowest BCUT2D eigenvalue weighted by Gasteiger charge is -2.02. The van der Waals surface area contributed by atoms with Gasteiger partial charge in [-0.1, -0.05) is 0 Å². The zero-order valence-corrected chi connectivity index (χ0v) is 11.0. The van der Waals surface area contributed by atoms with Gasteiger partial charge < -0.3 is 10.3 Å². The topological polar surface area (TPSA) is 103 Å². The molecule has 8 heteroatoms. The van der Waals surface area contributed by atoms with E-state index in [0.29, 0.717) is 18.3 Å². The molecule has 0 radical (unpaired) electrons. The van der Waals surface area contributed by atoms with Crippen LogP contribution >= 0.6 is 0 Å². The summed E-state index contributed by atoms with van der Waals surface area (Å²) >= 11 is 0. The molecule has 19 heavy (non-hydrogen) atoms. The quantitative estimate of drug-likeness (QED) is 0.628. The number of aromatic amines is 2. The van der Waals surface area contributed by atoms with E-state index in [9.17, 15) is 8.42 Å². The molecule has 4 N–H and O–H groups in total. The Balaban J connectivity index is 1.69. The van der Waals surface area contributed by atoms with Crippen LogP contribution < -0.4 is 10.0 Å². The molecular formula is C11H15N5O2S. The highest BCUT2D eigenvalue weighted by atomic mass is 32.2. The maximum absolute atomic E-state index is 12.1. The zero-order chi connectivity index (χ0) is 13.3. The van der Waals surface area contributed by atoms with E-state index < -0.39 is 10.0 Å². The van der Waals surface area contributed by atoms with Crippen LogP contribution in [-0.2, 0) is 16.6 Å². The number of hydrogen-bond acceptors (Lipinski definition) is 4. The van der Waals surface area contributed by atoms with E-state index in [1.54, 1.807) is 6.07 Å². The molecule has 2 aromatic heterocycles. The van der Waals surface area contributed by atoms with Crippen LogP contribution in [-0.4, -0.2) is 29.6 Å². The number of nitrogens with one attached hydrogen (secondary N) is 4. The summed E-state index contributed by atoms with van der Waals surface area (Å²) in [6, 6.07) is 2.23. The van der Waals surface area contributed by atoms with Gasteiger partial charge in [-0.25, -0.2) is 8.42 Å². The van der Waals surface area contributed by atoms with Crippen LogP contribution in [0.3, 0.4) is 0 Å².